The predicted octanol–water partition coefficient (Wildman–Crippen LogP) is 3.86. The van der Waals surface area contributed by atoms with Gasteiger partial charge in [0.05, 0.1) is 0 Å². The fraction of sp³-hybridized carbons (Fsp3) is 0.467. The largest absolute Gasteiger partial charge is 0.330 e. The number of nitrogens with two attached hydrogens (primary N) is 1. The summed E-state index contributed by atoms with van der Waals surface area (Å²) in [5.74, 6) is 0. The lowest BCUT2D eigenvalue weighted by Gasteiger charge is -2.25. The van der Waals surface area contributed by atoms with Crippen molar-refractivity contribution < 1.29 is 0 Å². The van der Waals surface area contributed by atoms with Crippen molar-refractivity contribution in [3.8, 4) is 0 Å². The average molecular weight is 217 g/mol. The first-order valence-corrected chi connectivity index (χ1v) is 6.12. The molecule has 1 unspecified atom stereocenters. The minimum atomic E-state index is 0.307. The Balaban J connectivity index is 2.38. The van der Waals surface area contributed by atoms with Crippen molar-refractivity contribution >= 4 is 6.08 Å². The zero-order valence-electron chi connectivity index (χ0n) is 10.4. The van der Waals surface area contributed by atoms with Crippen molar-refractivity contribution in [3.05, 3.63) is 42.0 Å². The molecule has 1 aromatic rings. The molecule has 1 heteroatoms. The second kappa shape index (κ2) is 6.49. The Hall–Kier alpha value is -1.08. The lowest BCUT2D eigenvalue weighted by molar-refractivity contribution is 0.299. The maximum absolute atomic E-state index is 5.79. The molecule has 0 saturated carbocycles. The summed E-state index contributed by atoms with van der Waals surface area (Å²) in [5, 5.41) is 0. The van der Waals surface area contributed by atoms with Gasteiger partial charge in [0.1, 0.15) is 0 Å². The Kier molecular flexibility index (Phi) is 5.27. The van der Waals surface area contributed by atoms with E-state index in [1.165, 1.54) is 12.0 Å². The third kappa shape index (κ3) is 4.19. The van der Waals surface area contributed by atoms with Crippen molar-refractivity contribution in [3.63, 3.8) is 0 Å². The molecule has 0 fully saturated rings. The summed E-state index contributed by atoms with van der Waals surface area (Å²) in [5.41, 5.74) is 7.37. The molecule has 2 N–H and O–H groups in total. The quantitative estimate of drug-likeness (QED) is 0.769. The van der Waals surface area contributed by atoms with E-state index in [1.54, 1.807) is 0 Å². The Bertz CT molecular complexity index is 309. The summed E-state index contributed by atoms with van der Waals surface area (Å²) in [6.07, 6.45) is 7.87. The minimum Gasteiger partial charge on any atom is -0.330 e. The van der Waals surface area contributed by atoms with Crippen LogP contribution < -0.4 is 5.73 Å². The van der Waals surface area contributed by atoms with Crippen LogP contribution in [0.25, 0.3) is 6.08 Å². The van der Waals surface area contributed by atoms with Crippen molar-refractivity contribution in [1.82, 2.24) is 0 Å². The highest BCUT2D eigenvalue weighted by Crippen LogP contribution is 2.25. The van der Waals surface area contributed by atoms with Gasteiger partial charge < -0.3 is 5.73 Å². The van der Waals surface area contributed by atoms with Crippen LogP contribution in [0.5, 0.6) is 0 Å². The SMILES string of the molecule is CCC(C)(CN)CC/C=C/c1ccccc1. The summed E-state index contributed by atoms with van der Waals surface area (Å²) in [4.78, 5) is 0. The smallest absolute Gasteiger partial charge is 0.00232 e. The summed E-state index contributed by atoms with van der Waals surface area (Å²) in [6, 6.07) is 10.4. The Morgan fingerprint density at radius 2 is 1.94 bits per heavy atom. The maximum Gasteiger partial charge on any atom is -0.00232 e. The van der Waals surface area contributed by atoms with Gasteiger partial charge in [-0.25, -0.2) is 0 Å². The molecule has 1 nitrogen and oxygen atoms in total. The third-order valence-corrected chi connectivity index (χ3v) is 3.37. The number of hydrogen-bond donors (Lipinski definition) is 1. The van der Waals surface area contributed by atoms with Crippen molar-refractivity contribution in [1.29, 1.82) is 0 Å². The first-order valence-electron chi connectivity index (χ1n) is 6.12. The monoisotopic (exact) mass is 217 g/mol. The van der Waals surface area contributed by atoms with E-state index in [9.17, 15) is 0 Å². The molecule has 1 rings (SSSR count). The second-order valence-electron chi connectivity index (χ2n) is 4.72. The molecule has 0 aliphatic rings. The molecule has 1 atom stereocenters. The van der Waals surface area contributed by atoms with Crippen LogP contribution in [0.1, 0.15) is 38.7 Å². The highest BCUT2D eigenvalue weighted by molar-refractivity contribution is 5.48. The van der Waals surface area contributed by atoms with E-state index >= 15 is 0 Å². The number of rotatable bonds is 6. The Morgan fingerprint density at radius 1 is 1.25 bits per heavy atom. The van der Waals surface area contributed by atoms with E-state index in [0.717, 1.165) is 19.4 Å². The summed E-state index contributed by atoms with van der Waals surface area (Å²) in [6.45, 7) is 5.26. The van der Waals surface area contributed by atoms with Gasteiger partial charge in [0.25, 0.3) is 0 Å². The lowest BCUT2D eigenvalue weighted by atomic mass is 9.83. The maximum atomic E-state index is 5.79. The molecular formula is C15H23N. The van der Waals surface area contributed by atoms with Crippen LogP contribution in [-0.2, 0) is 0 Å². The van der Waals surface area contributed by atoms with Crippen LogP contribution in [-0.4, -0.2) is 6.54 Å². The van der Waals surface area contributed by atoms with Crippen molar-refractivity contribution in [2.24, 2.45) is 11.1 Å². The van der Waals surface area contributed by atoms with E-state index in [2.05, 4.69) is 50.3 Å². The fourth-order valence-corrected chi connectivity index (χ4v) is 1.64. The van der Waals surface area contributed by atoms with E-state index < -0.39 is 0 Å². The minimum absolute atomic E-state index is 0.307. The van der Waals surface area contributed by atoms with E-state index in [1.807, 2.05) is 6.07 Å². The molecule has 0 heterocycles. The van der Waals surface area contributed by atoms with Crippen LogP contribution in [0.15, 0.2) is 36.4 Å². The predicted molar refractivity (Wildman–Crippen MR) is 72.2 cm³/mol. The highest BCUT2D eigenvalue weighted by Gasteiger charge is 2.18. The summed E-state index contributed by atoms with van der Waals surface area (Å²) < 4.78 is 0. The van der Waals surface area contributed by atoms with Gasteiger partial charge in [-0.1, -0.05) is 56.3 Å². The van der Waals surface area contributed by atoms with Crippen LogP contribution in [0, 0.1) is 5.41 Å². The molecule has 0 saturated heterocycles. The zero-order chi connectivity index (χ0) is 11.9. The molecular weight excluding hydrogens is 194 g/mol. The molecule has 16 heavy (non-hydrogen) atoms. The topological polar surface area (TPSA) is 26.0 Å². The van der Waals surface area contributed by atoms with Gasteiger partial charge in [0, 0.05) is 0 Å². The van der Waals surface area contributed by atoms with E-state index in [0.29, 0.717) is 5.41 Å². The van der Waals surface area contributed by atoms with Gasteiger partial charge in [0.2, 0.25) is 0 Å². The fourth-order valence-electron chi connectivity index (χ4n) is 1.64. The Morgan fingerprint density at radius 3 is 2.50 bits per heavy atom. The number of hydrogen-bond acceptors (Lipinski definition) is 1. The standard InChI is InChI=1S/C15H23N/c1-3-15(2,13-16)12-8-7-11-14-9-5-4-6-10-14/h4-7,9-11H,3,8,12-13,16H2,1-2H3/b11-7+. The number of allylic oxidation sites excluding steroid dienone is 1. The zero-order valence-corrected chi connectivity index (χ0v) is 10.4. The molecule has 0 bridgehead atoms. The first kappa shape index (κ1) is 13.0. The molecule has 0 aliphatic heterocycles. The normalized spacial score (nSPS) is 15.2. The molecule has 88 valence electrons. The first-order chi connectivity index (χ1) is 7.70. The van der Waals surface area contributed by atoms with Gasteiger partial charge in [-0.15, -0.1) is 0 Å². The highest BCUT2D eigenvalue weighted by atomic mass is 14.6. The van der Waals surface area contributed by atoms with Gasteiger partial charge in [-0.2, -0.15) is 0 Å². The average Bonchev–Trinajstić information content (AvgIpc) is 2.36. The molecule has 0 aromatic heterocycles. The van der Waals surface area contributed by atoms with E-state index in [-0.39, 0.29) is 0 Å². The molecule has 0 spiro atoms. The Labute approximate surface area is 99.4 Å². The van der Waals surface area contributed by atoms with Crippen LogP contribution >= 0.6 is 0 Å². The summed E-state index contributed by atoms with van der Waals surface area (Å²) in [7, 11) is 0. The molecule has 0 radical (unpaired) electrons. The second-order valence-corrected chi connectivity index (χ2v) is 4.72. The van der Waals surface area contributed by atoms with Crippen molar-refractivity contribution in [2.75, 3.05) is 6.54 Å². The molecule has 1 aromatic carbocycles. The lowest BCUT2D eigenvalue weighted by Crippen LogP contribution is -2.25. The van der Waals surface area contributed by atoms with Crippen molar-refractivity contribution in [2.45, 2.75) is 33.1 Å². The third-order valence-electron chi connectivity index (χ3n) is 3.37. The van der Waals surface area contributed by atoms with E-state index in [4.69, 9.17) is 5.73 Å². The van der Waals surface area contributed by atoms with Crippen LogP contribution in [0.4, 0.5) is 0 Å². The molecule has 0 aliphatic carbocycles. The van der Waals surface area contributed by atoms with Gasteiger partial charge >= 0.3 is 0 Å². The van der Waals surface area contributed by atoms with Gasteiger partial charge in [0.15, 0.2) is 0 Å². The van der Waals surface area contributed by atoms with Crippen LogP contribution in [0.3, 0.4) is 0 Å². The molecule has 0 amide bonds. The van der Waals surface area contributed by atoms with Gasteiger partial charge in [-0.3, -0.25) is 0 Å². The van der Waals surface area contributed by atoms with Gasteiger partial charge in [-0.05, 0) is 36.8 Å². The number of benzene rings is 1. The van der Waals surface area contributed by atoms with Crippen LogP contribution in [0.2, 0.25) is 0 Å². The summed E-state index contributed by atoms with van der Waals surface area (Å²) >= 11 is 0.